The Bertz CT molecular complexity index is 933. The lowest BCUT2D eigenvalue weighted by Gasteiger charge is -2.07. The maximum Gasteiger partial charge on any atom is 0.257 e. The highest BCUT2D eigenvalue weighted by Gasteiger charge is 2.11. The molecule has 0 unspecified atom stereocenters. The first-order chi connectivity index (χ1) is 11.6. The van der Waals surface area contributed by atoms with E-state index < -0.39 is 0 Å². The summed E-state index contributed by atoms with van der Waals surface area (Å²) in [6, 6.07) is 5.32. The molecule has 2 N–H and O–H groups in total. The Morgan fingerprint density at radius 2 is 2.04 bits per heavy atom. The Hall–Kier alpha value is -3.42. The number of fused-ring (bicyclic) bond motifs is 1. The second-order valence-electron chi connectivity index (χ2n) is 4.83. The van der Waals surface area contributed by atoms with Crippen LogP contribution in [0.2, 0.25) is 0 Å². The lowest BCUT2D eigenvalue weighted by molar-refractivity contribution is 0.0973. The number of anilines is 1. The summed E-state index contributed by atoms with van der Waals surface area (Å²) in [5, 5.41) is 0. The number of benzene rings is 1. The monoisotopic (exact) mass is 325 g/mol. The fourth-order valence-corrected chi connectivity index (χ4v) is 2.23. The second kappa shape index (κ2) is 6.37. The van der Waals surface area contributed by atoms with Gasteiger partial charge >= 0.3 is 0 Å². The number of nitrogens with zero attached hydrogens (tertiary/aromatic N) is 4. The highest BCUT2D eigenvalue weighted by atomic mass is 16.5. The molecule has 0 spiro atoms. The van der Waals surface area contributed by atoms with Crippen LogP contribution in [-0.2, 0) is 0 Å². The van der Waals surface area contributed by atoms with Gasteiger partial charge in [-0.25, -0.2) is 19.5 Å². The molecule has 0 saturated heterocycles. The standard InChI is InChI=1S/C16H15N5O3/c1-23-11-4-5-12(24-2)10(7-11)3-6-13(22)21-9-20-14-15(17)18-8-19-16(14)21/h3-9H,1-2H3,(H2,17,18,19)/b6-3+. The Morgan fingerprint density at radius 1 is 1.21 bits per heavy atom. The van der Waals surface area contributed by atoms with E-state index in [-0.39, 0.29) is 11.7 Å². The molecule has 2 aromatic heterocycles. The van der Waals surface area contributed by atoms with Gasteiger partial charge in [-0.05, 0) is 24.3 Å². The van der Waals surface area contributed by atoms with Gasteiger partial charge in [0.1, 0.15) is 24.2 Å². The molecule has 0 aliphatic heterocycles. The molecule has 0 saturated carbocycles. The minimum Gasteiger partial charge on any atom is -0.497 e. The van der Waals surface area contributed by atoms with Crippen molar-refractivity contribution in [2.24, 2.45) is 0 Å². The van der Waals surface area contributed by atoms with E-state index in [0.717, 1.165) is 0 Å². The number of hydrogen-bond acceptors (Lipinski definition) is 7. The van der Waals surface area contributed by atoms with Crippen molar-refractivity contribution >= 4 is 29.0 Å². The number of imidazole rings is 1. The van der Waals surface area contributed by atoms with E-state index in [9.17, 15) is 4.79 Å². The molecule has 0 aliphatic carbocycles. The van der Waals surface area contributed by atoms with Crippen LogP contribution in [0.25, 0.3) is 17.2 Å². The molecular weight excluding hydrogens is 310 g/mol. The molecule has 2 heterocycles. The Labute approximate surface area is 137 Å². The van der Waals surface area contributed by atoms with Crippen LogP contribution in [0.15, 0.2) is 36.9 Å². The average Bonchev–Trinajstić information content (AvgIpc) is 3.05. The van der Waals surface area contributed by atoms with Crippen molar-refractivity contribution in [2.75, 3.05) is 20.0 Å². The molecular formula is C16H15N5O3. The maximum absolute atomic E-state index is 12.4. The number of nitrogens with two attached hydrogens (primary N) is 1. The van der Waals surface area contributed by atoms with Crippen molar-refractivity contribution in [3.8, 4) is 11.5 Å². The van der Waals surface area contributed by atoms with Crippen molar-refractivity contribution in [1.82, 2.24) is 19.5 Å². The lowest BCUT2D eigenvalue weighted by atomic mass is 10.1. The van der Waals surface area contributed by atoms with Crippen molar-refractivity contribution in [2.45, 2.75) is 0 Å². The number of hydrogen-bond donors (Lipinski definition) is 1. The maximum atomic E-state index is 12.4. The first-order valence-electron chi connectivity index (χ1n) is 7.02. The summed E-state index contributed by atoms with van der Waals surface area (Å²) >= 11 is 0. The van der Waals surface area contributed by atoms with E-state index in [4.69, 9.17) is 15.2 Å². The van der Waals surface area contributed by atoms with Gasteiger partial charge in [0.2, 0.25) is 0 Å². The Morgan fingerprint density at radius 3 is 2.79 bits per heavy atom. The van der Waals surface area contributed by atoms with Crippen LogP contribution in [0.1, 0.15) is 10.4 Å². The van der Waals surface area contributed by atoms with Gasteiger partial charge in [-0.1, -0.05) is 0 Å². The molecule has 3 aromatic rings. The zero-order valence-corrected chi connectivity index (χ0v) is 13.1. The third-order valence-electron chi connectivity index (χ3n) is 3.44. The van der Waals surface area contributed by atoms with Gasteiger partial charge in [0.15, 0.2) is 17.0 Å². The first-order valence-corrected chi connectivity index (χ1v) is 7.02. The lowest BCUT2D eigenvalue weighted by Crippen LogP contribution is -2.07. The van der Waals surface area contributed by atoms with Gasteiger partial charge in [-0.3, -0.25) is 4.79 Å². The molecule has 8 nitrogen and oxygen atoms in total. The number of allylic oxidation sites excluding steroid dienone is 1. The zero-order valence-electron chi connectivity index (χ0n) is 13.1. The van der Waals surface area contributed by atoms with Crippen LogP contribution < -0.4 is 15.2 Å². The largest absolute Gasteiger partial charge is 0.497 e. The molecule has 0 radical (unpaired) electrons. The summed E-state index contributed by atoms with van der Waals surface area (Å²) in [6.07, 6.45) is 5.69. The Kier molecular flexibility index (Phi) is 4.11. The Balaban J connectivity index is 1.94. The van der Waals surface area contributed by atoms with E-state index in [1.807, 2.05) is 0 Å². The molecule has 0 amide bonds. The van der Waals surface area contributed by atoms with Crippen LogP contribution in [0.3, 0.4) is 0 Å². The molecule has 3 rings (SSSR count). The van der Waals surface area contributed by atoms with Crippen LogP contribution in [0, 0.1) is 0 Å². The summed E-state index contributed by atoms with van der Waals surface area (Å²) in [7, 11) is 3.13. The number of aromatic nitrogens is 4. The summed E-state index contributed by atoms with van der Waals surface area (Å²) in [4.78, 5) is 24.4. The number of ether oxygens (including phenoxy) is 2. The number of rotatable bonds is 4. The van der Waals surface area contributed by atoms with Crippen molar-refractivity contribution < 1.29 is 14.3 Å². The molecule has 24 heavy (non-hydrogen) atoms. The number of carbonyl (C=O) groups is 1. The van der Waals surface area contributed by atoms with E-state index in [1.54, 1.807) is 38.5 Å². The van der Waals surface area contributed by atoms with Gasteiger partial charge in [0, 0.05) is 11.6 Å². The van der Waals surface area contributed by atoms with E-state index in [0.29, 0.717) is 28.2 Å². The quantitative estimate of drug-likeness (QED) is 0.729. The van der Waals surface area contributed by atoms with Gasteiger partial charge in [-0.2, -0.15) is 0 Å². The predicted octanol–water partition coefficient (Wildman–Crippen LogP) is 1.78. The SMILES string of the molecule is COc1ccc(OC)c(/C=C/C(=O)n2cnc3c(N)ncnc32)c1. The summed E-state index contributed by atoms with van der Waals surface area (Å²) in [5.74, 6) is 1.20. The molecule has 122 valence electrons. The summed E-state index contributed by atoms with van der Waals surface area (Å²) in [6.45, 7) is 0. The second-order valence-corrected chi connectivity index (χ2v) is 4.83. The topological polar surface area (TPSA) is 105 Å². The van der Waals surface area contributed by atoms with Gasteiger partial charge < -0.3 is 15.2 Å². The van der Waals surface area contributed by atoms with Gasteiger partial charge in [-0.15, -0.1) is 0 Å². The number of nitrogen functional groups attached to an aromatic ring is 1. The molecule has 8 heteroatoms. The van der Waals surface area contributed by atoms with Crippen LogP contribution in [-0.4, -0.2) is 39.6 Å². The van der Waals surface area contributed by atoms with Crippen molar-refractivity contribution in [3.05, 3.63) is 42.5 Å². The van der Waals surface area contributed by atoms with Crippen LogP contribution >= 0.6 is 0 Å². The number of carbonyl (C=O) groups excluding carboxylic acids is 1. The third-order valence-corrected chi connectivity index (χ3v) is 3.44. The van der Waals surface area contributed by atoms with Gasteiger partial charge in [0.25, 0.3) is 5.91 Å². The zero-order chi connectivity index (χ0) is 17.1. The van der Waals surface area contributed by atoms with Crippen molar-refractivity contribution in [3.63, 3.8) is 0 Å². The number of methoxy groups -OCH3 is 2. The molecule has 0 fully saturated rings. The molecule has 0 aliphatic rings. The predicted molar refractivity (Wildman–Crippen MR) is 88.9 cm³/mol. The minimum atomic E-state index is -0.319. The highest BCUT2D eigenvalue weighted by Crippen LogP contribution is 2.25. The van der Waals surface area contributed by atoms with E-state index in [2.05, 4.69) is 15.0 Å². The smallest absolute Gasteiger partial charge is 0.257 e. The summed E-state index contributed by atoms with van der Waals surface area (Å²) in [5.41, 5.74) is 7.17. The third kappa shape index (κ3) is 2.76. The van der Waals surface area contributed by atoms with Crippen LogP contribution in [0.4, 0.5) is 5.82 Å². The molecule has 1 aromatic carbocycles. The van der Waals surface area contributed by atoms with E-state index >= 15 is 0 Å². The fourth-order valence-electron chi connectivity index (χ4n) is 2.23. The fraction of sp³-hybridized carbons (Fsp3) is 0.125. The normalized spacial score (nSPS) is 11.1. The first kappa shape index (κ1) is 15.5. The minimum absolute atomic E-state index is 0.227. The van der Waals surface area contributed by atoms with Gasteiger partial charge in [0.05, 0.1) is 14.2 Å². The van der Waals surface area contributed by atoms with Crippen LogP contribution in [0.5, 0.6) is 11.5 Å². The van der Waals surface area contributed by atoms with E-state index in [1.165, 1.54) is 23.3 Å². The van der Waals surface area contributed by atoms with Crippen molar-refractivity contribution in [1.29, 1.82) is 0 Å². The summed E-state index contributed by atoms with van der Waals surface area (Å²) < 4.78 is 11.8. The average molecular weight is 325 g/mol. The molecule has 0 bridgehead atoms. The molecule has 0 atom stereocenters. The highest BCUT2D eigenvalue weighted by molar-refractivity contribution is 5.99.